The van der Waals surface area contributed by atoms with E-state index in [9.17, 15) is 0 Å². The van der Waals surface area contributed by atoms with Gasteiger partial charge in [0, 0.05) is 0 Å². The number of hydrogen-bond donors (Lipinski definition) is 1. The van der Waals surface area contributed by atoms with Crippen molar-refractivity contribution in [1.29, 1.82) is 0 Å². The zero-order valence-electron chi connectivity index (χ0n) is 9.75. The molecule has 0 spiro atoms. The lowest BCUT2D eigenvalue weighted by Crippen LogP contribution is -2.31. The number of benzene rings is 1. The number of hydrogen-bond acceptors (Lipinski definition) is 1. The number of nitrogens with two attached hydrogens (primary N) is 1. The van der Waals surface area contributed by atoms with Crippen molar-refractivity contribution in [2.45, 2.75) is 25.7 Å². The highest BCUT2D eigenvalue weighted by Gasteiger charge is 2.25. The average Bonchev–Trinajstić information content (AvgIpc) is 2.18. The zero-order chi connectivity index (χ0) is 11.5. The molecule has 1 nitrogen and oxygen atoms in total. The molecular formula is C13H19NSi. The van der Waals surface area contributed by atoms with Crippen molar-refractivity contribution < 1.29 is 0 Å². The van der Waals surface area contributed by atoms with E-state index in [1.54, 1.807) is 0 Å². The molecule has 2 N–H and O–H groups in total. The minimum atomic E-state index is -1.41. The van der Waals surface area contributed by atoms with Crippen LogP contribution >= 0.6 is 0 Å². The smallest absolute Gasteiger partial charge is 0.0848 e. The third-order valence-electron chi connectivity index (χ3n) is 2.47. The average molecular weight is 217 g/mol. The lowest BCUT2D eigenvalue weighted by Gasteiger charge is -2.24. The molecular weight excluding hydrogens is 198 g/mol. The molecule has 0 radical (unpaired) electrons. The lowest BCUT2D eigenvalue weighted by atomic mass is 10.1. The lowest BCUT2D eigenvalue weighted by molar-refractivity contribution is 0.884. The third-order valence-corrected chi connectivity index (χ3v) is 4.57. The Morgan fingerprint density at radius 1 is 1.27 bits per heavy atom. The van der Waals surface area contributed by atoms with Crippen molar-refractivity contribution in [3.63, 3.8) is 0 Å². The molecule has 2 heteroatoms. The quantitative estimate of drug-likeness (QED) is 0.610. The molecule has 0 saturated carbocycles. The van der Waals surface area contributed by atoms with Crippen LogP contribution in [0.3, 0.4) is 0 Å². The molecule has 15 heavy (non-hydrogen) atoms. The molecule has 80 valence electrons. The van der Waals surface area contributed by atoms with Gasteiger partial charge in [-0.1, -0.05) is 56.6 Å². The molecule has 0 aliphatic rings. The van der Waals surface area contributed by atoms with E-state index in [1.807, 2.05) is 18.2 Å². The summed E-state index contributed by atoms with van der Waals surface area (Å²) >= 11 is 0. The van der Waals surface area contributed by atoms with Crippen LogP contribution < -0.4 is 5.73 Å². The highest BCUT2D eigenvalue weighted by atomic mass is 28.3. The topological polar surface area (TPSA) is 26.0 Å². The summed E-state index contributed by atoms with van der Waals surface area (Å²) in [6.07, 6.45) is 0. The van der Waals surface area contributed by atoms with E-state index in [2.05, 4.69) is 44.1 Å². The molecule has 1 atom stereocenters. The van der Waals surface area contributed by atoms with E-state index in [4.69, 9.17) is 5.73 Å². The predicted octanol–water partition coefficient (Wildman–Crippen LogP) is 3.28. The predicted molar refractivity (Wildman–Crippen MR) is 69.4 cm³/mol. The van der Waals surface area contributed by atoms with Gasteiger partial charge in [-0.15, -0.1) is 5.73 Å². The molecule has 0 saturated heterocycles. The fourth-order valence-electron chi connectivity index (χ4n) is 1.67. The van der Waals surface area contributed by atoms with Gasteiger partial charge < -0.3 is 5.73 Å². The van der Waals surface area contributed by atoms with Crippen molar-refractivity contribution >= 4 is 8.07 Å². The van der Waals surface area contributed by atoms with E-state index < -0.39 is 8.07 Å². The second kappa shape index (κ2) is 4.62. The first kappa shape index (κ1) is 12.0. The Hall–Kier alpha value is -1.08. The molecule has 0 heterocycles. The van der Waals surface area contributed by atoms with Gasteiger partial charge >= 0.3 is 0 Å². The maximum Gasteiger partial charge on any atom is 0.0848 e. The Bertz CT molecular complexity index is 369. The molecule has 1 aromatic carbocycles. The summed E-state index contributed by atoms with van der Waals surface area (Å²) in [5, 5.41) is 1.19. The van der Waals surface area contributed by atoms with Crippen LogP contribution in [0, 0.1) is 0 Å². The summed E-state index contributed by atoms with van der Waals surface area (Å²) in [4.78, 5) is 0. The second-order valence-corrected chi connectivity index (χ2v) is 9.77. The fourth-order valence-corrected chi connectivity index (χ4v) is 3.30. The van der Waals surface area contributed by atoms with Crippen molar-refractivity contribution in [3.8, 4) is 0 Å². The standard InChI is InChI=1S/C13H19NSi/c1-5-12(15(2,3)4)13(14)11-9-7-6-8-10-11/h6-10,13H,1,14H2,2-4H3/t13-/m1/s1. The summed E-state index contributed by atoms with van der Waals surface area (Å²) in [6.45, 7) is 10.6. The second-order valence-electron chi connectivity index (χ2n) is 4.73. The Labute approximate surface area is 93.3 Å². The molecule has 0 fully saturated rings. The first-order chi connectivity index (χ1) is 6.96. The van der Waals surface area contributed by atoms with Gasteiger partial charge in [0.1, 0.15) is 0 Å². The molecule has 0 amide bonds. The van der Waals surface area contributed by atoms with Gasteiger partial charge in [-0.3, -0.25) is 0 Å². The van der Waals surface area contributed by atoms with E-state index >= 15 is 0 Å². The maximum absolute atomic E-state index is 6.23. The van der Waals surface area contributed by atoms with Crippen LogP contribution in [-0.4, -0.2) is 8.07 Å². The highest BCUT2D eigenvalue weighted by Crippen LogP contribution is 2.25. The van der Waals surface area contributed by atoms with E-state index in [1.165, 1.54) is 5.20 Å². The van der Waals surface area contributed by atoms with Crippen LogP contribution in [-0.2, 0) is 0 Å². The summed E-state index contributed by atoms with van der Waals surface area (Å²) in [7, 11) is -1.41. The van der Waals surface area contributed by atoms with Crippen LogP contribution in [0.1, 0.15) is 11.6 Å². The van der Waals surface area contributed by atoms with Gasteiger partial charge in [0.2, 0.25) is 0 Å². The minimum Gasteiger partial charge on any atom is -0.320 e. The SMILES string of the molecule is C=C=C([C@H](N)c1ccccc1)[Si](C)(C)C. The number of rotatable bonds is 3. The first-order valence-electron chi connectivity index (χ1n) is 5.17. The zero-order valence-corrected chi connectivity index (χ0v) is 10.7. The van der Waals surface area contributed by atoms with Crippen LogP contribution in [0.2, 0.25) is 19.6 Å². The monoisotopic (exact) mass is 217 g/mol. The van der Waals surface area contributed by atoms with Crippen molar-refractivity contribution in [1.82, 2.24) is 0 Å². The van der Waals surface area contributed by atoms with E-state index in [-0.39, 0.29) is 6.04 Å². The summed E-state index contributed by atoms with van der Waals surface area (Å²) in [5.74, 6) is 0. The van der Waals surface area contributed by atoms with Gasteiger partial charge in [0.15, 0.2) is 0 Å². The van der Waals surface area contributed by atoms with Crippen LogP contribution in [0.25, 0.3) is 0 Å². The third kappa shape index (κ3) is 2.93. The molecule has 1 aromatic rings. The summed E-state index contributed by atoms with van der Waals surface area (Å²) in [6, 6.07) is 10.1. The van der Waals surface area contributed by atoms with Gasteiger partial charge in [-0.05, 0) is 10.8 Å². The summed E-state index contributed by atoms with van der Waals surface area (Å²) < 4.78 is 0. The Kier molecular flexibility index (Phi) is 3.70. The highest BCUT2D eigenvalue weighted by molar-refractivity contribution is 6.83. The largest absolute Gasteiger partial charge is 0.320 e. The normalized spacial score (nSPS) is 13.1. The molecule has 1 rings (SSSR count). The molecule has 0 unspecified atom stereocenters. The van der Waals surface area contributed by atoms with Crippen LogP contribution in [0.4, 0.5) is 0 Å². The van der Waals surface area contributed by atoms with E-state index in [0.29, 0.717) is 0 Å². The van der Waals surface area contributed by atoms with Gasteiger partial charge in [0.25, 0.3) is 0 Å². The van der Waals surface area contributed by atoms with Crippen LogP contribution in [0.15, 0.2) is 47.8 Å². The minimum absolute atomic E-state index is 0.0460. The Morgan fingerprint density at radius 3 is 2.20 bits per heavy atom. The first-order valence-corrected chi connectivity index (χ1v) is 8.67. The molecule has 0 aromatic heterocycles. The van der Waals surface area contributed by atoms with Gasteiger partial charge in [0.05, 0.1) is 14.1 Å². The van der Waals surface area contributed by atoms with Gasteiger partial charge in [-0.25, -0.2) is 0 Å². The Balaban J connectivity index is 3.05. The van der Waals surface area contributed by atoms with E-state index in [0.717, 1.165) is 5.56 Å². The van der Waals surface area contributed by atoms with Crippen LogP contribution in [0.5, 0.6) is 0 Å². The fraction of sp³-hybridized carbons (Fsp3) is 0.308. The van der Waals surface area contributed by atoms with Crippen molar-refractivity contribution in [3.05, 3.63) is 53.4 Å². The molecule has 0 aliphatic carbocycles. The van der Waals surface area contributed by atoms with Crippen molar-refractivity contribution in [2.24, 2.45) is 5.73 Å². The summed E-state index contributed by atoms with van der Waals surface area (Å²) in [5.41, 5.74) is 10.4. The molecule has 0 bridgehead atoms. The van der Waals surface area contributed by atoms with Gasteiger partial charge in [-0.2, -0.15) is 0 Å². The maximum atomic E-state index is 6.23. The Morgan fingerprint density at radius 2 is 1.80 bits per heavy atom. The van der Waals surface area contributed by atoms with Crippen molar-refractivity contribution in [2.75, 3.05) is 0 Å². The molecule has 0 aliphatic heterocycles.